The second kappa shape index (κ2) is 7.36. The zero-order chi connectivity index (χ0) is 18.6. The average molecular weight is 362 g/mol. The summed E-state index contributed by atoms with van der Waals surface area (Å²) in [6.07, 6.45) is 6.63. The highest BCUT2D eigenvalue weighted by atomic mass is 16.2. The van der Waals surface area contributed by atoms with Crippen LogP contribution >= 0.6 is 0 Å². The number of hydrogen-bond donors (Lipinski definition) is 1. The molecule has 0 bridgehead atoms. The molecule has 1 N–H and O–H groups in total. The predicted octanol–water partition coefficient (Wildman–Crippen LogP) is 1.65. The molecule has 0 spiro atoms. The van der Waals surface area contributed by atoms with E-state index in [1.807, 2.05) is 30.3 Å². The molecule has 27 heavy (non-hydrogen) atoms. The molecule has 1 unspecified atom stereocenters. The van der Waals surface area contributed by atoms with E-state index in [1.165, 1.54) is 10.9 Å². The maximum absolute atomic E-state index is 12.5. The second-order valence-electron chi connectivity index (χ2n) is 6.37. The number of aromatic nitrogens is 4. The van der Waals surface area contributed by atoms with Gasteiger partial charge in [0.15, 0.2) is 0 Å². The topological polar surface area (TPSA) is 93.0 Å². The van der Waals surface area contributed by atoms with Crippen LogP contribution in [0.15, 0.2) is 61.2 Å². The van der Waals surface area contributed by atoms with E-state index < -0.39 is 0 Å². The lowest BCUT2D eigenvalue weighted by Crippen LogP contribution is -2.27. The zero-order valence-electron chi connectivity index (χ0n) is 14.5. The molecule has 1 aromatic carbocycles. The van der Waals surface area contributed by atoms with E-state index in [4.69, 9.17) is 0 Å². The van der Waals surface area contributed by atoms with Crippen LogP contribution in [0.25, 0.3) is 5.95 Å². The van der Waals surface area contributed by atoms with Crippen LogP contribution in [-0.2, 0) is 16.1 Å². The van der Waals surface area contributed by atoms with Crippen molar-refractivity contribution in [3.63, 3.8) is 0 Å². The summed E-state index contributed by atoms with van der Waals surface area (Å²) in [5, 5.41) is 6.97. The molecular formula is C19H18N6O2. The molecule has 2 amide bonds. The Morgan fingerprint density at radius 3 is 2.70 bits per heavy atom. The van der Waals surface area contributed by atoms with Crippen molar-refractivity contribution < 1.29 is 9.59 Å². The molecule has 1 aliphatic heterocycles. The van der Waals surface area contributed by atoms with Crippen molar-refractivity contribution in [2.45, 2.75) is 13.0 Å². The van der Waals surface area contributed by atoms with Crippen molar-refractivity contribution in [1.82, 2.24) is 24.6 Å². The summed E-state index contributed by atoms with van der Waals surface area (Å²) >= 11 is 0. The van der Waals surface area contributed by atoms with Crippen molar-refractivity contribution in [3.05, 3.63) is 66.7 Å². The first-order chi connectivity index (χ1) is 13.2. The Balaban J connectivity index is 1.38. The van der Waals surface area contributed by atoms with Gasteiger partial charge < -0.3 is 10.2 Å². The van der Waals surface area contributed by atoms with Crippen LogP contribution in [0.5, 0.6) is 0 Å². The number of nitrogens with one attached hydrogen (secondary N) is 1. The van der Waals surface area contributed by atoms with Gasteiger partial charge in [0.25, 0.3) is 0 Å². The highest BCUT2D eigenvalue weighted by molar-refractivity contribution is 5.97. The van der Waals surface area contributed by atoms with Gasteiger partial charge in [0, 0.05) is 31.9 Å². The summed E-state index contributed by atoms with van der Waals surface area (Å²) in [6, 6.07) is 11.5. The molecule has 136 valence electrons. The van der Waals surface area contributed by atoms with Gasteiger partial charge in [0.05, 0.1) is 24.0 Å². The van der Waals surface area contributed by atoms with E-state index in [-0.39, 0.29) is 24.2 Å². The minimum atomic E-state index is -0.377. The molecule has 8 nitrogen and oxygen atoms in total. The van der Waals surface area contributed by atoms with Gasteiger partial charge in [-0.25, -0.2) is 14.6 Å². The van der Waals surface area contributed by atoms with Crippen LogP contribution in [0.2, 0.25) is 0 Å². The van der Waals surface area contributed by atoms with Crippen molar-refractivity contribution >= 4 is 17.5 Å². The van der Waals surface area contributed by atoms with Crippen LogP contribution in [0.4, 0.5) is 5.69 Å². The normalized spacial score (nSPS) is 16.5. The first-order valence-electron chi connectivity index (χ1n) is 8.63. The Hall–Kier alpha value is -3.55. The van der Waals surface area contributed by atoms with Crippen molar-refractivity contribution in [1.29, 1.82) is 0 Å². The number of carbonyl (C=O) groups is 2. The van der Waals surface area contributed by atoms with Crippen LogP contribution in [0.3, 0.4) is 0 Å². The number of anilines is 1. The van der Waals surface area contributed by atoms with Gasteiger partial charge in [-0.05, 0) is 11.6 Å². The number of amides is 2. The van der Waals surface area contributed by atoms with E-state index >= 15 is 0 Å². The highest BCUT2D eigenvalue weighted by Gasteiger charge is 2.34. The number of carbonyl (C=O) groups excluding carboxylic acids is 2. The number of rotatable bonds is 5. The summed E-state index contributed by atoms with van der Waals surface area (Å²) in [5.41, 5.74) is 1.59. The molecule has 1 saturated heterocycles. The minimum absolute atomic E-state index is 0.00705. The SMILES string of the molecule is O=C(Nc1cnn(-c2ncccn2)c1)C1CC(=O)N(Cc2ccccc2)C1. The van der Waals surface area contributed by atoms with Gasteiger partial charge >= 0.3 is 0 Å². The van der Waals surface area contributed by atoms with Crippen molar-refractivity contribution in [2.24, 2.45) is 5.92 Å². The average Bonchev–Trinajstić information content (AvgIpc) is 3.30. The molecule has 0 radical (unpaired) electrons. The largest absolute Gasteiger partial charge is 0.338 e. The molecule has 4 rings (SSSR count). The van der Waals surface area contributed by atoms with Crippen molar-refractivity contribution in [2.75, 3.05) is 11.9 Å². The molecule has 0 aliphatic carbocycles. The predicted molar refractivity (Wildman–Crippen MR) is 97.7 cm³/mol. The molecule has 1 aliphatic rings. The van der Waals surface area contributed by atoms with Crippen LogP contribution in [0, 0.1) is 5.92 Å². The van der Waals surface area contributed by atoms with Crippen molar-refractivity contribution in [3.8, 4) is 5.95 Å². The lowest BCUT2D eigenvalue weighted by Gasteiger charge is -2.16. The van der Waals surface area contributed by atoms with E-state index in [2.05, 4.69) is 20.4 Å². The summed E-state index contributed by atoms with van der Waals surface area (Å²) in [5.74, 6) is -0.152. The zero-order valence-corrected chi connectivity index (χ0v) is 14.5. The van der Waals surface area contributed by atoms with Crippen LogP contribution < -0.4 is 5.32 Å². The Kier molecular flexibility index (Phi) is 4.61. The monoisotopic (exact) mass is 362 g/mol. The summed E-state index contributed by atoms with van der Waals surface area (Å²) in [6.45, 7) is 0.933. The molecule has 8 heteroatoms. The lowest BCUT2D eigenvalue weighted by atomic mass is 10.1. The maximum Gasteiger partial charge on any atom is 0.250 e. The Labute approximate surface area is 155 Å². The first-order valence-corrected chi connectivity index (χ1v) is 8.63. The Bertz CT molecular complexity index is 941. The molecule has 3 heterocycles. The fraction of sp³-hybridized carbons (Fsp3) is 0.211. The Morgan fingerprint density at radius 2 is 1.93 bits per heavy atom. The summed E-state index contributed by atoms with van der Waals surface area (Å²) < 4.78 is 1.48. The summed E-state index contributed by atoms with van der Waals surface area (Å²) in [7, 11) is 0. The van der Waals surface area contributed by atoms with Crippen LogP contribution in [0.1, 0.15) is 12.0 Å². The summed E-state index contributed by atoms with van der Waals surface area (Å²) in [4.78, 5) is 34.7. The number of nitrogens with zero attached hydrogens (tertiary/aromatic N) is 5. The molecule has 2 aromatic heterocycles. The number of likely N-dealkylation sites (tertiary alicyclic amines) is 1. The van der Waals surface area contributed by atoms with Gasteiger partial charge in [0.2, 0.25) is 17.8 Å². The molecular weight excluding hydrogens is 344 g/mol. The highest BCUT2D eigenvalue weighted by Crippen LogP contribution is 2.22. The van der Waals surface area contributed by atoms with E-state index in [0.717, 1.165) is 5.56 Å². The third-order valence-electron chi connectivity index (χ3n) is 4.41. The van der Waals surface area contributed by atoms with Gasteiger partial charge in [-0.15, -0.1) is 0 Å². The van der Waals surface area contributed by atoms with Gasteiger partial charge in [0.1, 0.15) is 0 Å². The third kappa shape index (κ3) is 3.84. The number of benzene rings is 1. The smallest absolute Gasteiger partial charge is 0.250 e. The third-order valence-corrected chi connectivity index (χ3v) is 4.41. The van der Waals surface area contributed by atoms with E-state index in [0.29, 0.717) is 24.7 Å². The van der Waals surface area contributed by atoms with Gasteiger partial charge in [-0.1, -0.05) is 30.3 Å². The fourth-order valence-electron chi connectivity index (χ4n) is 3.06. The van der Waals surface area contributed by atoms with Gasteiger partial charge in [-0.2, -0.15) is 5.10 Å². The quantitative estimate of drug-likeness (QED) is 0.745. The standard InChI is InChI=1S/C19H18N6O2/c26-17-9-15(12-24(17)11-14-5-2-1-3-6-14)18(27)23-16-10-22-25(13-16)19-20-7-4-8-21-19/h1-8,10,13,15H,9,11-12H2,(H,23,27). The Morgan fingerprint density at radius 1 is 1.15 bits per heavy atom. The van der Waals surface area contributed by atoms with E-state index in [9.17, 15) is 9.59 Å². The number of hydrogen-bond acceptors (Lipinski definition) is 5. The molecule has 1 fully saturated rings. The first kappa shape index (κ1) is 16.9. The van der Waals surface area contributed by atoms with Gasteiger partial charge in [-0.3, -0.25) is 9.59 Å². The van der Waals surface area contributed by atoms with E-state index in [1.54, 1.807) is 29.6 Å². The lowest BCUT2D eigenvalue weighted by molar-refractivity contribution is -0.128. The fourth-order valence-corrected chi connectivity index (χ4v) is 3.06. The maximum atomic E-state index is 12.5. The second-order valence-corrected chi connectivity index (χ2v) is 6.37. The molecule has 1 atom stereocenters. The van der Waals surface area contributed by atoms with Crippen LogP contribution in [-0.4, -0.2) is 43.0 Å². The molecule has 3 aromatic rings. The minimum Gasteiger partial charge on any atom is -0.338 e. The molecule has 0 saturated carbocycles.